The monoisotopic (exact) mass is 280 g/mol. The van der Waals surface area contributed by atoms with E-state index in [4.69, 9.17) is 10.9 Å². The van der Waals surface area contributed by atoms with Crippen LogP contribution in [0.5, 0.6) is 0 Å². The molecule has 0 fully saturated rings. The van der Waals surface area contributed by atoms with Crippen molar-refractivity contribution in [3.05, 3.63) is 35.1 Å². The van der Waals surface area contributed by atoms with Gasteiger partial charge in [0.25, 0.3) is 0 Å². The van der Waals surface area contributed by atoms with Gasteiger partial charge in [-0.05, 0) is 13.0 Å². The second kappa shape index (κ2) is 5.87. The zero-order valence-corrected chi connectivity index (χ0v) is 9.91. The number of ether oxygens (including phenoxy) is 1. The molecule has 1 aromatic carbocycles. The summed E-state index contributed by atoms with van der Waals surface area (Å²) in [5.74, 6) is -1.35. The van der Waals surface area contributed by atoms with Crippen molar-refractivity contribution in [1.29, 1.82) is 0 Å². The zero-order valence-electron chi connectivity index (χ0n) is 9.91. The Morgan fingerprint density at radius 2 is 2.11 bits per heavy atom. The highest BCUT2D eigenvalue weighted by atomic mass is 19.4. The van der Waals surface area contributed by atoms with E-state index >= 15 is 0 Å². The Labute approximate surface area is 106 Å². The maximum Gasteiger partial charge on any atom is 0.414 e. The van der Waals surface area contributed by atoms with Crippen molar-refractivity contribution in [3.8, 4) is 0 Å². The van der Waals surface area contributed by atoms with Crippen molar-refractivity contribution in [2.24, 2.45) is 10.9 Å². The van der Waals surface area contributed by atoms with Gasteiger partial charge in [0.05, 0.1) is 12.2 Å². The number of oxime groups is 1. The molecule has 0 saturated heterocycles. The second-order valence-electron chi connectivity index (χ2n) is 3.76. The lowest BCUT2D eigenvalue weighted by atomic mass is 10.1. The molecule has 0 radical (unpaired) electrons. The smallest absolute Gasteiger partial charge is 0.409 e. The van der Waals surface area contributed by atoms with Gasteiger partial charge in [0.2, 0.25) is 0 Å². The van der Waals surface area contributed by atoms with E-state index in [-0.39, 0.29) is 11.1 Å². The van der Waals surface area contributed by atoms with E-state index < -0.39 is 30.5 Å². The number of benzene rings is 1. The molecule has 1 rings (SSSR count). The third-order valence-corrected chi connectivity index (χ3v) is 2.41. The Kier molecular flexibility index (Phi) is 4.71. The molecule has 8 heteroatoms. The molecule has 0 heterocycles. The summed E-state index contributed by atoms with van der Waals surface area (Å²) < 4.78 is 55.0. The first-order valence-corrected chi connectivity index (χ1v) is 5.21. The highest BCUT2D eigenvalue weighted by Crippen LogP contribution is 2.24. The predicted octanol–water partition coefficient (Wildman–Crippen LogP) is 2.39. The van der Waals surface area contributed by atoms with E-state index in [1.165, 1.54) is 18.2 Å². The summed E-state index contributed by atoms with van der Waals surface area (Å²) in [5.41, 5.74) is 4.91. The van der Waals surface area contributed by atoms with Crippen molar-refractivity contribution >= 4 is 5.84 Å². The summed E-state index contributed by atoms with van der Waals surface area (Å²) in [6.07, 6.45) is -6.53. The molecule has 1 unspecified atom stereocenters. The van der Waals surface area contributed by atoms with Gasteiger partial charge >= 0.3 is 6.18 Å². The van der Waals surface area contributed by atoms with Crippen molar-refractivity contribution in [2.75, 3.05) is 0 Å². The first-order valence-electron chi connectivity index (χ1n) is 5.21. The highest BCUT2D eigenvalue weighted by Gasteiger charge is 2.37. The maximum atomic E-state index is 13.8. The van der Waals surface area contributed by atoms with Crippen LogP contribution in [0.1, 0.15) is 18.1 Å². The summed E-state index contributed by atoms with van der Waals surface area (Å²) in [6.45, 7) is 0.254. The van der Waals surface area contributed by atoms with Gasteiger partial charge in [0.1, 0.15) is 5.82 Å². The second-order valence-corrected chi connectivity index (χ2v) is 3.76. The summed E-state index contributed by atoms with van der Waals surface area (Å²) in [5, 5.41) is 11.1. The molecule has 0 aliphatic rings. The van der Waals surface area contributed by atoms with Crippen LogP contribution in [0.3, 0.4) is 0 Å². The van der Waals surface area contributed by atoms with Gasteiger partial charge in [-0.15, -0.1) is 0 Å². The van der Waals surface area contributed by atoms with Crippen LogP contribution < -0.4 is 5.73 Å². The molecule has 0 aliphatic heterocycles. The van der Waals surface area contributed by atoms with Crippen molar-refractivity contribution in [1.82, 2.24) is 0 Å². The summed E-state index contributed by atoms with van der Waals surface area (Å²) in [7, 11) is 0. The molecule has 0 aliphatic carbocycles. The van der Waals surface area contributed by atoms with Crippen LogP contribution in [-0.2, 0) is 11.3 Å². The van der Waals surface area contributed by atoms with E-state index in [1.54, 1.807) is 0 Å². The topological polar surface area (TPSA) is 67.8 Å². The number of hydrogen-bond acceptors (Lipinski definition) is 3. The van der Waals surface area contributed by atoms with Crippen LogP contribution in [-0.4, -0.2) is 23.3 Å². The fraction of sp³-hybridized carbons (Fsp3) is 0.364. The molecule has 1 atom stereocenters. The molecule has 0 saturated carbocycles. The first kappa shape index (κ1) is 15.2. The molecule has 0 aromatic heterocycles. The van der Waals surface area contributed by atoms with Gasteiger partial charge in [-0.1, -0.05) is 17.3 Å². The highest BCUT2D eigenvalue weighted by molar-refractivity contribution is 5.97. The molecular formula is C11H12F4N2O2. The molecule has 0 amide bonds. The lowest BCUT2D eigenvalue weighted by molar-refractivity contribution is -0.217. The molecule has 3 N–H and O–H groups in total. The molecule has 0 bridgehead atoms. The van der Waals surface area contributed by atoms with Gasteiger partial charge in [-0.25, -0.2) is 4.39 Å². The van der Waals surface area contributed by atoms with Gasteiger partial charge in [-0.2, -0.15) is 13.2 Å². The number of alkyl halides is 3. The zero-order chi connectivity index (χ0) is 14.6. The SMILES string of the molecule is CC(OCc1cccc(/C(N)=N/O)c1F)C(F)(F)F. The molecular weight excluding hydrogens is 268 g/mol. The average molecular weight is 280 g/mol. The van der Waals surface area contributed by atoms with Crippen LogP contribution in [0.15, 0.2) is 23.4 Å². The van der Waals surface area contributed by atoms with Crippen molar-refractivity contribution in [2.45, 2.75) is 25.8 Å². The lowest BCUT2D eigenvalue weighted by Gasteiger charge is -2.17. The van der Waals surface area contributed by atoms with Crippen LogP contribution in [0, 0.1) is 5.82 Å². The van der Waals surface area contributed by atoms with E-state index in [0.29, 0.717) is 0 Å². The van der Waals surface area contributed by atoms with Crippen molar-refractivity contribution in [3.63, 3.8) is 0 Å². The molecule has 19 heavy (non-hydrogen) atoms. The first-order chi connectivity index (χ1) is 8.77. The lowest BCUT2D eigenvalue weighted by Crippen LogP contribution is -2.28. The minimum absolute atomic E-state index is 0.111. The predicted molar refractivity (Wildman–Crippen MR) is 59.2 cm³/mol. The number of nitrogens with two attached hydrogens (primary N) is 1. The van der Waals surface area contributed by atoms with E-state index in [9.17, 15) is 17.6 Å². The summed E-state index contributed by atoms with van der Waals surface area (Å²) >= 11 is 0. The number of amidine groups is 1. The number of hydrogen-bond donors (Lipinski definition) is 2. The van der Waals surface area contributed by atoms with Crippen LogP contribution in [0.25, 0.3) is 0 Å². The number of nitrogens with zero attached hydrogens (tertiary/aromatic N) is 1. The molecule has 1 aromatic rings. The maximum absolute atomic E-state index is 13.8. The largest absolute Gasteiger partial charge is 0.414 e. The Morgan fingerprint density at radius 1 is 1.47 bits per heavy atom. The third-order valence-electron chi connectivity index (χ3n) is 2.41. The minimum atomic E-state index is -4.51. The summed E-state index contributed by atoms with van der Waals surface area (Å²) in [4.78, 5) is 0. The standard InChI is InChI=1S/C11H12F4N2O2/c1-6(11(13,14)15)19-5-7-3-2-4-8(9(7)12)10(16)17-18/h2-4,6,18H,5H2,1H3,(H2,16,17). The minimum Gasteiger partial charge on any atom is -0.409 e. The number of rotatable bonds is 4. The Balaban J connectivity index is 2.86. The third kappa shape index (κ3) is 3.82. The van der Waals surface area contributed by atoms with Gasteiger partial charge in [0.15, 0.2) is 11.9 Å². The summed E-state index contributed by atoms with van der Waals surface area (Å²) in [6, 6.07) is 3.86. The van der Waals surface area contributed by atoms with E-state index in [0.717, 1.165) is 6.92 Å². The van der Waals surface area contributed by atoms with Crippen LogP contribution in [0.2, 0.25) is 0 Å². The van der Waals surface area contributed by atoms with Gasteiger partial charge in [-0.3, -0.25) is 0 Å². The Bertz CT molecular complexity index is 474. The van der Waals surface area contributed by atoms with E-state index in [2.05, 4.69) is 9.89 Å². The fourth-order valence-electron chi connectivity index (χ4n) is 1.25. The van der Waals surface area contributed by atoms with Crippen molar-refractivity contribution < 1.29 is 27.5 Å². The Hall–Kier alpha value is -1.83. The Morgan fingerprint density at radius 3 is 2.63 bits per heavy atom. The van der Waals surface area contributed by atoms with Crippen LogP contribution in [0.4, 0.5) is 17.6 Å². The normalized spacial score (nSPS) is 14.5. The quantitative estimate of drug-likeness (QED) is 0.292. The molecule has 4 nitrogen and oxygen atoms in total. The van der Waals surface area contributed by atoms with Gasteiger partial charge < -0.3 is 15.7 Å². The molecule has 0 spiro atoms. The van der Waals surface area contributed by atoms with E-state index in [1.807, 2.05) is 0 Å². The fourth-order valence-corrected chi connectivity index (χ4v) is 1.25. The average Bonchev–Trinajstić information content (AvgIpc) is 2.35. The number of halogens is 4. The molecule has 106 valence electrons. The van der Waals surface area contributed by atoms with Crippen LogP contribution >= 0.6 is 0 Å². The van der Waals surface area contributed by atoms with Gasteiger partial charge in [0, 0.05) is 5.56 Å².